The molecule has 4 heteroatoms. The van der Waals surface area contributed by atoms with Gasteiger partial charge in [-0.25, -0.2) is 4.68 Å². The van der Waals surface area contributed by atoms with Crippen LogP contribution in [-0.2, 0) is 0 Å². The van der Waals surface area contributed by atoms with Crippen LogP contribution in [0, 0.1) is 6.92 Å². The fraction of sp³-hybridized carbons (Fsp3) is 0.118. The molecule has 1 aromatic heterocycles. The van der Waals surface area contributed by atoms with E-state index in [4.69, 9.17) is 4.74 Å². The van der Waals surface area contributed by atoms with Gasteiger partial charge >= 0.3 is 0 Å². The highest BCUT2D eigenvalue weighted by molar-refractivity contribution is 5.66. The van der Waals surface area contributed by atoms with Crippen LogP contribution in [0.15, 0.2) is 54.7 Å². The minimum atomic E-state index is 0.256. The van der Waals surface area contributed by atoms with Gasteiger partial charge in [0.25, 0.3) is 0 Å². The summed E-state index contributed by atoms with van der Waals surface area (Å²) in [6.45, 7) is 2.02. The molecule has 3 aromatic rings. The molecule has 1 heterocycles. The van der Waals surface area contributed by atoms with E-state index in [0.717, 1.165) is 28.3 Å². The van der Waals surface area contributed by atoms with Crippen LogP contribution in [0.2, 0.25) is 0 Å². The van der Waals surface area contributed by atoms with Crippen LogP contribution in [0.3, 0.4) is 0 Å². The van der Waals surface area contributed by atoms with Crippen molar-refractivity contribution in [2.45, 2.75) is 6.92 Å². The van der Waals surface area contributed by atoms with E-state index >= 15 is 0 Å². The summed E-state index contributed by atoms with van der Waals surface area (Å²) < 4.78 is 7.07. The molecular weight excluding hydrogens is 264 g/mol. The highest BCUT2D eigenvalue weighted by Gasteiger charge is 2.11. The van der Waals surface area contributed by atoms with Gasteiger partial charge in [-0.05, 0) is 61.0 Å². The van der Waals surface area contributed by atoms with Gasteiger partial charge in [0.15, 0.2) is 0 Å². The zero-order valence-corrected chi connectivity index (χ0v) is 11.9. The predicted octanol–water partition coefficient (Wildman–Crippen LogP) is 3.56. The van der Waals surface area contributed by atoms with Crippen molar-refractivity contribution in [1.82, 2.24) is 9.78 Å². The minimum Gasteiger partial charge on any atom is -0.508 e. The van der Waals surface area contributed by atoms with Gasteiger partial charge in [0.2, 0.25) is 0 Å². The Morgan fingerprint density at radius 2 is 1.67 bits per heavy atom. The second-order valence-corrected chi connectivity index (χ2v) is 4.83. The van der Waals surface area contributed by atoms with Crippen molar-refractivity contribution in [3.63, 3.8) is 0 Å². The standard InChI is InChI=1S/C17H16N2O2/c1-12-11-18-19(14-5-9-16(21-2)10-6-14)17(12)13-3-7-15(20)8-4-13/h3-11,20H,1-2H3. The van der Waals surface area contributed by atoms with Gasteiger partial charge in [-0.1, -0.05) is 0 Å². The molecule has 0 saturated carbocycles. The average molecular weight is 280 g/mol. The number of phenolic OH excluding ortho intramolecular Hbond substituents is 1. The van der Waals surface area contributed by atoms with Gasteiger partial charge < -0.3 is 9.84 Å². The van der Waals surface area contributed by atoms with Crippen molar-refractivity contribution in [1.29, 1.82) is 0 Å². The lowest BCUT2D eigenvalue weighted by Crippen LogP contribution is -1.99. The summed E-state index contributed by atoms with van der Waals surface area (Å²) in [6, 6.07) is 14.9. The first-order valence-corrected chi connectivity index (χ1v) is 6.67. The fourth-order valence-corrected chi connectivity index (χ4v) is 2.32. The quantitative estimate of drug-likeness (QED) is 0.798. The van der Waals surface area contributed by atoms with Crippen molar-refractivity contribution in [3.8, 4) is 28.4 Å². The molecule has 0 amide bonds. The number of benzene rings is 2. The van der Waals surface area contributed by atoms with Crippen molar-refractivity contribution >= 4 is 0 Å². The molecule has 0 unspecified atom stereocenters. The fourth-order valence-electron chi connectivity index (χ4n) is 2.32. The van der Waals surface area contributed by atoms with Crippen molar-refractivity contribution in [3.05, 3.63) is 60.3 Å². The summed E-state index contributed by atoms with van der Waals surface area (Å²) in [6.07, 6.45) is 1.84. The van der Waals surface area contributed by atoms with Gasteiger partial charge in [0.1, 0.15) is 11.5 Å². The number of phenols is 1. The lowest BCUT2D eigenvalue weighted by atomic mass is 10.1. The molecule has 0 bridgehead atoms. The predicted molar refractivity (Wildman–Crippen MR) is 82.0 cm³/mol. The molecule has 0 spiro atoms. The van der Waals surface area contributed by atoms with E-state index in [1.54, 1.807) is 19.2 Å². The number of nitrogens with zero attached hydrogens (tertiary/aromatic N) is 2. The number of aromatic hydroxyl groups is 1. The van der Waals surface area contributed by atoms with Crippen LogP contribution in [-0.4, -0.2) is 22.0 Å². The molecule has 0 fully saturated rings. The number of hydrogen-bond acceptors (Lipinski definition) is 3. The van der Waals surface area contributed by atoms with Crippen LogP contribution < -0.4 is 4.74 Å². The Morgan fingerprint density at radius 1 is 1.00 bits per heavy atom. The molecule has 0 aliphatic rings. The Morgan fingerprint density at radius 3 is 2.29 bits per heavy atom. The van der Waals surface area contributed by atoms with Gasteiger partial charge in [-0.3, -0.25) is 0 Å². The number of aryl methyl sites for hydroxylation is 1. The van der Waals surface area contributed by atoms with Gasteiger partial charge in [0.05, 0.1) is 24.7 Å². The lowest BCUT2D eigenvalue weighted by Gasteiger charge is -2.10. The van der Waals surface area contributed by atoms with Gasteiger partial charge in [0, 0.05) is 5.56 Å². The molecule has 1 N–H and O–H groups in total. The van der Waals surface area contributed by atoms with Crippen LogP contribution >= 0.6 is 0 Å². The molecule has 0 saturated heterocycles. The second kappa shape index (κ2) is 5.32. The highest BCUT2D eigenvalue weighted by Crippen LogP contribution is 2.28. The molecule has 0 atom stereocenters. The molecule has 0 aliphatic carbocycles. The van der Waals surface area contributed by atoms with Gasteiger partial charge in [-0.15, -0.1) is 0 Å². The molecule has 3 rings (SSSR count). The third kappa shape index (κ3) is 2.48. The normalized spacial score (nSPS) is 10.6. The smallest absolute Gasteiger partial charge is 0.119 e. The number of methoxy groups -OCH3 is 1. The van der Waals surface area contributed by atoms with E-state index in [0.29, 0.717) is 0 Å². The van der Waals surface area contributed by atoms with E-state index < -0.39 is 0 Å². The van der Waals surface area contributed by atoms with Crippen molar-refractivity contribution in [2.24, 2.45) is 0 Å². The Balaban J connectivity index is 2.09. The maximum absolute atomic E-state index is 9.43. The summed E-state index contributed by atoms with van der Waals surface area (Å²) in [5.74, 6) is 1.07. The monoisotopic (exact) mass is 280 g/mol. The Hall–Kier alpha value is -2.75. The van der Waals surface area contributed by atoms with E-state index in [-0.39, 0.29) is 5.75 Å². The zero-order chi connectivity index (χ0) is 14.8. The Bertz CT molecular complexity index is 743. The van der Waals surface area contributed by atoms with E-state index in [1.807, 2.05) is 54.2 Å². The molecule has 4 nitrogen and oxygen atoms in total. The van der Waals surface area contributed by atoms with E-state index in [9.17, 15) is 5.11 Å². The summed E-state index contributed by atoms with van der Waals surface area (Å²) in [7, 11) is 1.65. The first-order chi connectivity index (χ1) is 10.2. The van der Waals surface area contributed by atoms with Gasteiger partial charge in [-0.2, -0.15) is 5.10 Å². The van der Waals surface area contributed by atoms with Crippen LogP contribution in [0.1, 0.15) is 5.56 Å². The molecule has 2 aromatic carbocycles. The molecule has 106 valence electrons. The van der Waals surface area contributed by atoms with Crippen molar-refractivity contribution < 1.29 is 9.84 Å². The highest BCUT2D eigenvalue weighted by atomic mass is 16.5. The first kappa shape index (κ1) is 13.2. The molecule has 21 heavy (non-hydrogen) atoms. The zero-order valence-electron chi connectivity index (χ0n) is 11.9. The average Bonchev–Trinajstić information content (AvgIpc) is 2.90. The minimum absolute atomic E-state index is 0.256. The number of hydrogen-bond donors (Lipinski definition) is 1. The topological polar surface area (TPSA) is 47.3 Å². The second-order valence-electron chi connectivity index (χ2n) is 4.83. The van der Waals surface area contributed by atoms with Crippen molar-refractivity contribution in [2.75, 3.05) is 7.11 Å². The first-order valence-electron chi connectivity index (χ1n) is 6.67. The number of aromatic nitrogens is 2. The van der Waals surface area contributed by atoms with Crippen LogP contribution in [0.5, 0.6) is 11.5 Å². The van der Waals surface area contributed by atoms with E-state index in [2.05, 4.69) is 5.10 Å². The Kier molecular flexibility index (Phi) is 3.36. The third-order valence-electron chi connectivity index (χ3n) is 3.41. The lowest BCUT2D eigenvalue weighted by molar-refractivity contribution is 0.414. The summed E-state index contributed by atoms with van der Waals surface area (Å²) >= 11 is 0. The van der Waals surface area contributed by atoms with E-state index in [1.165, 1.54) is 0 Å². The maximum Gasteiger partial charge on any atom is 0.119 e. The van der Waals surface area contributed by atoms with Crippen LogP contribution in [0.25, 0.3) is 16.9 Å². The Labute approximate surface area is 123 Å². The SMILES string of the molecule is COc1ccc(-n2ncc(C)c2-c2ccc(O)cc2)cc1. The molecule has 0 aliphatic heterocycles. The molecular formula is C17H16N2O2. The number of rotatable bonds is 3. The summed E-state index contributed by atoms with van der Waals surface area (Å²) in [5, 5.41) is 13.9. The number of ether oxygens (including phenoxy) is 1. The summed E-state index contributed by atoms with van der Waals surface area (Å²) in [5.41, 5.74) is 4.07. The van der Waals surface area contributed by atoms with Crippen LogP contribution in [0.4, 0.5) is 0 Å². The largest absolute Gasteiger partial charge is 0.508 e. The molecule has 0 radical (unpaired) electrons. The summed E-state index contributed by atoms with van der Waals surface area (Å²) in [4.78, 5) is 0. The third-order valence-corrected chi connectivity index (χ3v) is 3.41. The maximum atomic E-state index is 9.43.